The normalized spacial score (nSPS) is 14.4. The van der Waals surface area contributed by atoms with Crippen LogP contribution in [0, 0.1) is 5.92 Å². The fraction of sp³-hybridized carbons (Fsp3) is 0.500. The molecule has 2 N–H and O–H groups in total. The van der Waals surface area contributed by atoms with E-state index in [9.17, 15) is 9.59 Å². The van der Waals surface area contributed by atoms with Gasteiger partial charge in [-0.3, -0.25) is 14.5 Å². The number of nitrogens with zero attached hydrogens (tertiary/aromatic N) is 2. The summed E-state index contributed by atoms with van der Waals surface area (Å²) in [5.74, 6) is 0.884. The van der Waals surface area contributed by atoms with Crippen molar-refractivity contribution < 1.29 is 14.3 Å². The van der Waals surface area contributed by atoms with E-state index in [4.69, 9.17) is 4.74 Å². The Morgan fingerprint density at radius 3 is 2.73 bits per heavy atom. The molecule has 0 saturated heterocycles. The molecule has 30 heavy (non-hydrogen) atoms. The molecule has 1 aliphatic rings. The smallest absolute Gasteiger partial charge is 0.229 e. The zero-order chi connectivity index (χ0) is 21.5. The highest BCUT2D eigenvalue weighted by Crippen LogP contribution is 2.30. The Morgan fingerprint density at radius 2 is 2.07 bits per heavy atom. The van der Waals surface area contributed by atoms with Crippen molar-refractivity contribution in [3.8, 4) is 5.75 Å². The van der Waals surface area contributed by atoms with Gasteiger partial charge < -0.3 is 15.4 Å². The number of nitrogens with one attached hydrogen (secondary N) is 2. The fourth-order valence-corrected chi connectivity index (χ4v) is 4.12. The molecule has 0 radical (unpaired) electrons. The third-order valence-corrected chi connectivity index (χ3v) is 6.10. The molecule has 1 heterocycles. The first-order valence-corrected chi connectivity index (χ1v) is 11.3. The van der Waals surface area contributed by atoms with Gasteiger partial charge in [-0.1, -0.05) is 26.0 Å². The third kappa shape index (κ3) is 6.03. The van der Waals surface area contributed by atoms with Crippen molar-refractivity contribution >= 4 is 28.3 Å². The van der Waals surface area contributed by atoms with Crippen LogP contribution in [0.5, 0.6) is 5.75 Å². The van der Waals surface area contributed by atoms with E-state index in [0.717, 1.165) is 37.2 Å². The number of thiazole rings is 1. The van der Waals surface area contributed by atoms with Crippen molar-refractivity contribution in [3.63, 3.8) is 0 Å². The van der Waals surface area contributed by atoms with E-state index < -0.39 is 0 Å². The quantitative estimate of drug-likeness (QED) is 0.572. The number of likely N-dealkylation sites (N-methyl/N-ethyl adjacent to an activating group) is 1. The average molecular weight is 431 g/mol. The Balaban J connectivity index is 1.58. The summed E-state index contributed by atoms with van der Waals surface area (Å²) in [5, 5.41) is 8.27. The summed E-state index contributed by atoms with van der Waals surface area (Å²) in [5.41, 5.74) is 1.78. The number of hydrogen-bond donors (Lipinski definition) is 2. The molecule has 1 aromatic heterocycles. The summed E-state index contributed by atoms with van der Waals surface area (Å²) in [7, 11) is 1.66. The molecular weight excluding hydrogens is 400 g/mol. The topological polar surface area (TPSA) is 83.6 Å². The number of aromatic nitrogens is 1. The summed E-state index contributed by atoms with van der Waals surface area (Å²) in [6.07, 6.45) is 2.10. The average Bonchev–Trinajstić information content (AvgIpc) is 3.52. The molecule has 1 fully saturated rings. The monoisotopic (exact) mass is 430 g/mol. The standard InChI is InChI=1S/C22H30N4O3S/c1-4-26(5-2)19(16-7-6-8-18(11-16)29-3)13-23-20(27)12-17-14-30-22(24-17)25-21(28)15-9-10-15/h6-8,11,14-15,19H,4-5,9-10,12-13H2,1-3H3,(H,23,27)(H,24,25,28). The number of benzene rings is 1. The molecular formula is C22H30N4O3S. The molecule has 1 atom stereocenters. The van der Waals surface area contributed by atoms with Crippen molar-refractivity contribution in [2.75, 3.05) is 32.1 Å². The summed E-state index contributed by atoms with van der Waals surface area (Å²) in [4.78, 5) is 31.1. The van der Waals surface area contributed by atoms with Crippen LogP contribution in [-0.4, -0.2) is 48.4 Å². The molecule has 2 amide bonds. The summed E-state index contributed by atoms with van der Waals surface area (Å²) < 4.78 is 5.36. The number of ether oxygens (including phenoxy) is 1. The predicted octanol–water partition coefficient (Wildman–Crippen LogP) is 3.24. The first-order chi connectivity index (χ1) is 14.5. The van der Waals surface area contributed by atoms with E-state index in [2.05, 4.69) is 40.4 Å². The van der Waals surface area contributed by atoms with Gasteiger partial charge in [-0.2, -0.15) is 0 Å². The van der Waals surface area contributed by atoms with Gasteiger partial charge in [-0.25, -0.2) is 4.98 Å². The summed E-state index contributed by atoms with van der Waals surface area (Å²) in [6.45, 7) is 6.49. The molecule has 7 nitrogen and oxygen atoms in total. The van der Waals surface area contributed by atoms with Crippen LogP contribution in [0.2, 0.25) is 0 Å². The lowest BCUT2D eigenvalue weighted by atomic mass is 10.0. The number of hydrogen-bond acceptors (Lipinski definition) is 6. The predicted molar refractivity (Wildman–Crippen MR) is 119 cm³/mol. The van der Waals surface area contributed by atoms with Gasteiger partial charge in [0.25, 0.3) is 0 Å². The maximum Gasteiger partial charge on any atom is 0.229 e. The highest BCUT2D eigenvalue weighted by molar-refractivity contribution is 7.13. The molecule has 3 rings (SSSR count). The fourth-order valence-electron chi connectivity index (χ4n) is 3.41. The van der Waals surface area contributed by atoms with Crippen LogP contribution in [0.25, 0.3) is 0 Å². The van der Waals surface area contributed by atoms with Gasteiger partial charge in [-0.15, -0.1) is 11.3 Å². The lowest BCUT2D eigenvalue weighted by molar-refractivity contribution is -0.120. The van der Waals surface area contributed by atoms with Gasteiger partial charge >= 0.3 is 0 Å². The van der Waals surface area contributed by atoms with Crippen LogP contribution in [0.4, 0.5) is 5.13 Å². The zero-order valence-corrected chi connectivity index (χ0v) is 18.6. The number of anilines is 1. The van der Waals surface area contributed by atoms with Crippen LogP contribution in [0.1, 0.15) is 44.0 Å². The molecule has 1 aromatic carbocycles. The zero-order valence-electron chi connectivity index (χ0n) is 17.8. The van der Waals surface area contributed by atoms with Crippen molar-refractivity contribution in [1.82, 2.24) is 15.2 Å². The molecule has 1 unspecified atom stereocenters. The van der Waals surface area contributed by atoms with Gasteiger partial charge in [0, 0.05) is 17.8 Å². The first-order valence-electron chi connectivity index (χ1n) is 10.4. The van der Waals surface area contributed by atoms with Gasteiger partial charge in [0.1, 0.15) is 5.75 Å². The molecule has 1 saturated carbocycles. The second-order valence-electron chi connectivity index (χ2n) is 7.40. The maximum absolute atomic E-state index is 12.5. The van der Waals surface area contributed by atoms with E-state index in [1.54, 1.807) is 7.11 Å². The van der Waals surface area contributed by atoms with E-state index >= 15 is 0 Å². The lowest BCUT2D eigenvalue weighted by Crippen LogP contribution is -2.38. The third-order valence-electron chi connectivity index (χ3n) is 5.30. The van der Waals surface area contributed by atoms with E-state index in [0.29, 0.717) is 17.4 Å². The maximum atomic E-state index is 12.5. The van der Waals surface area contributed by atoms with Crippen molar-refractivity contribution in [2.24, 2.45) is 5.92 Å². The molecule has 0 aliphatic heterocycles. The lowest BCUT2D eigenvalue weighted by Gasteiger charge is -2.30. The van der Waals surface area contributed by atoms with E-state index in [1.165, 1.54) is 11.3 Å². The minimum atomic E-state index is -0.0829. The van der Waals surface area contributed by atoms with Gasteiger partial charge in [0.15, 0.2) is 5.13 Å². The highest BCUT2D eigenvalue weighted by atomic mass is 32.1. The second kappa shape index (κ2) is 10.5. The highest BCUT2D eigenvalue weighted by Gasteiger charge is 2.30. The van der Waals surface area contributed by atoms with E-state index in [-0.39, 0.29) is 30.2 Å². The van der Waals surface area contributed by atoms with E-state index in [1.807, 2.05) is 23.6 Å². The number of amides is 2. The Hall–Kier alpha value is -2.45. The van der Waals surface area contributed by atoms with Crippen molar-refractivity contribution in [3.05, 3.63) is 40.9 Å². The van der Waals surface area contributed by atoms with Gasteiger partial charge in [0.05, 0.1) is 25.3 Å². The minimum absolute atomic E-state index is 0.0284. The Bertz CT molecular complexity index is 862. The number of rotatable bonds is 11. The van der Waals surface area contributed by atoms with Crippen LogP contribution in [-0.2, 0) is 16.0 Å². The Kier molecular flexibility index (Phi) is 7.81. The second-order valence-corrected chi connectivity index (χ2v) is 8.26. The number of carbonyl (C=O) groups is 2. The number of carbonyl (C=O) groups excluding carboxylic acids is 2. The molecule has 162 valence electrons. The van der Waals surface area contributed by atoms with Crippen molar-refractivity contribution in [1.29, 1.82) is 0 Å². The van der Waals surface area contributed by atoms with Crippen LogP contribution < -0.4 is 15.4 Å². The van der Waals surface area contributed by atoms with Crippen LogP contribution >= 0.6 is 11.3 Å². The molecule has 8 heteroatoms. The number of methoxy groups -OCH3 is 1. The molecule has 0 spiro atoms. The van der Waals surface area contributed by atoms with Gasteiger partial charge in [-0.05, 0) is 43.6 Å². The SMILES string of the molecule is CCN(CC)C(CNC(=O)Cc1csc(NC(=O)C2CC2)n1)c1cccc(OC)c1. The van der Waals surface area contributed by atoms with Crippen molar-refractivity contribution in [2.45, 2.75) is 39.2 Å². The summed E-state index contributed by atoms with van der Waals surface area (Å²) in [6, 6.07) is 8.03. The molecule has 0 bridgehead atoms. The largest absolute Gasteiger partial charge is 0.497 e. The van der Waals surface area contributed by atoms with Crippen LogP contribution in [0.3, 0.4) is 0 Å². The molecule has 2 aromatic rings. The summed E-state index contributed by atoms with van der Waals surface area (Å²) >= 11 is 1.36. The molecule has 1 aliphatic carbocycles. The van der Waals surface area contributed by atoms with Crippen LogP contribution in [0.15, 0.2) is 29.6 Å². The van der Waals surface area contributed by atoms with Gasteiger partial charge in [0.2, 0.25) is 11.8 Å². The Morgan fingerprint density at radius 1 is 1.30 bits per heavy atom. The minimum Gasteiger partial charge on any atom is -0.497 e. The first kappa shape index (κ1) is 22.2. The Labute approximate surface area is 181 Å².